The Morgan fingerprint density at radius 1 is 1.38 bits per heavy atom. The molecule has 1 amide bonds. The Labute approximate surface area is 92.7 Å². The number of halogens is 2. The van der Waals surface area contributed by atoms with Crippen LogP contribution >= 0.6 is 0 Å². The Balaban J connectivity index is 2.13. The normalized spacial score (nSPS) is 16.9. The summed E-state index contributed by atoms with van der Waals surface area (Å²) < 4.78 is 26.5. The van der Waals surface area contributed by atoms with E-state index in [0.29, 0.717) is 5.92 Å². The van der Waals surface area contributed by atoms with Crippen LogP contribution in [-0.4, -0.2) is 11.9 Å². The van der Waals surface area contributed by atoms with E-state index >= 15 is 0 Å². The first-order valence-electron chi connectivity index (χ1n) is 5.34. The van der Waals surface area contributed by atoms with E-state index in [0.717, 1.165) is 25.0 Å². The number of carbonyl (C=O) groups is 1. The minimum atomic E-state index is -0.819. The quantitative estimate of drug-likeness (QED) is 0.841. The molecule has 1 aromatic rings. The van der Waals surface area contributed by atoms with Crippen LogP contribution in [-0.2, 0) is 0 Å². The number of benzene rings is 1. The van der Waals surface area contributed by atoms with E-state index in [1.54, 1.807) is 0 Å². The summed E-state index contributed by atoms with van der Waals surface area (Å²) in [6.07, 6.45) is 2.14. The molecule has 1 aliphatic carbocycles. The molecule has 0 aromatic heterocycles. The highest BCUT2D eigenvalue weighted by Gasteiger charge is 2.30. The molecule has 2 rings (SSSR count). The molecular formula is C12H13F2NO. The van der Waals surface area contributed by atoms with Crippen molar-refractivity contribution in [3.05, 3.63) is 35.4 Å². The minimum absolute atomic E-state index is 0.0218. The third kappa shape index (κ3) is 2.21. The second-order valence-electron chi connectivity index (χ2n) is 4.20. The van der Waals surface area contributed by atoms with E-state index in [-0.39, 0.29) is 6.04 Å². The highest BCUT2D eigenvalue weighted by atomic mass is 19.1. The van der Waals surface area contributed by atoms with Gasteiger partial charge in [0.15, 0.2) is 0 Å². The zero-order chi connectivity index (χ0) is 11.7. The maximum Gasteiger partial charge on any atom is 0.257 e. The number of hydrogen-bond donors (Lipinski definition) is 1. The highest BCUT2D eigenvalue weighted by molar-refractivity contribution is 5.94. The molecule has 0 saturated heterocycles. The fourth-order valence-electron chi connectivity index (χ4n) is 1.71. The Morgan fingerprint density at radius 2 is 1.94 bits per heavy atom. The molecule has 1 N–H and O–H groups in total. The molecule has 0 aliphatic heterocycles. The van der Waals surface area contributed by atoms with Gasteiger partial charge in [0.2, 0.25) is 0 Å². The summed E-state index contributed by atoms with van der Waals surface area (Å²) in [4.78, 5) is 11.6. The zero-order valence-corrected chi connectivity index (χ0v) is 8.97. The molecule has 1 unspecified atom stereocenters. The van der Waals surface area contributed by atoms with E-state index in [1.165, 1.54) is 6.07 Å². The van der Waals surface area contributed by atoms with Crippen LogP contribution in [0.5, 0.6) is 0 Å². The summed E-state index contributed by atoms with van der Waals surface area (Å²) >= 11 is 0. The Hall–Kier alpha value is -1.45. The number of carbonyl (C=O) groups excluding carboxylic acids is 1. The standard InChI is InChI=1S/C12H13F2NO/c1-7(8-5-6-8)15-12(16)11-9(13)3-2-4-10(11)14/h2-4,7-8H,5-6H2,1H3,(H,15,16). The first-order valence-corrected chi connectivity index (χ1v) is 5.34. The van der Waals surface area contributed by atoms with Crippen LogP contribution in [0.4, 0.5) is 8.78 Å². The summed E-state index contributed by atoms with van der Waals surface area (Å²) in [5, 5.41) is 2.62. The van der Waals surface area contributed by atoms with Crippen molar-refractivity contribution in [3.63, 3.8) is 0 Å². The maximum absolute atomic E-state index is 13.3. The molecule has 1 saturated carbocycles. The van der Waals surface area contributed by atoms with Crippen molar-refractivity contribution in [2.24, 2.45) is 5.92 Å². The lowest BCUT2D eigenvalue weighted by Crippen LogP contribution is -2.35. The number of hydrogen-bond acceptors (Lipinski definition) is 1. The fraction of sp³-hybridized carbons (Fsp3) is 0.417. The van der Waals surface area contributed by atoms with E-state index in [4.69, 9.17) is 0 Å². The van der Waals surface area contributed by atoms with Crippen LogP contribution in [0.25, 0.3) is 0 Å². The highest BCUT2D eigenvalue weighted by Crippen LogP contribution is 2.32. The van der Waals surface area contributed by atoms with E-state index in [2.05, 4.69) is 5.32 Å². The molecule has 0 radical (unpaired) electrons. The lowest BCUT2D eigenvalue weighted by molar-refractivity contribution is 0.0927. The lowest BCUT2D eigenvalue weighted by atomic mass is 10.1. The molecule has 1 aromatic carbocycles. The number of nitrogens with one attached hydrogen (secondary N) is 1. The Bertz CT molecular complexity index is 395. The monoisotopic (exact) mass is 225 g/mol. The number of amides is 1. The van der Waals surface area contributed by atoms with Gasteiger partial charge in [0, 0.05) is 6.04 Å². The summed E-state index contributed by atoms with van der Waals surface area (Å²) in [5.74, 6) is -1.85. The average molecular weight is 225 g/mol. The predicted molar refractivity (Wildman–Crippen MR) is 56.0 cm³/mol. The van der Waals surface area contributed by atoms with Crippen LogP contribution < -0.4 is 5.32 Å². The van der Waals surface area contributed by atoms with E-state index < -0.39 is 23.1 Å². The van der Waals surface area contributed by atoms with Gasteiger partial charge in [-0.1, -0.05) is 6.07 Å². The average Bonchev–Trinajstić information content (AvgIpc) is 2.99. The van der Waals surface area contributed by atoms with Gasteiger partial charge in [-0.2, -0.15) is 0 Å². The van der Waals surface area contributed by atoms with Crippen molar-refractivity contribution >= 4 is 5.91 Å². The smallest absolute Gasteiger partial charge is 0.257 e. The van der Waals surface area contributed by atoms with Gasteiger partial charge < -0.3 is 5.32 Å². The third-order valence-electron chi connectivity index (χ3n) is 2.88. The lowest BCUT2D eigenvalue weighted by Gasteiger charge is -2.13. The van der Waals surface area contributed by atoms with Gasteiger partial charge in [-0.25, -0.2) is 8.78 Å². The van der Waals surface area contributed by atoms with Crippen molar-refractivity contribution in [2.75, 3.05) is 0 Å². The molecule has 16 heavy (non-hydrogen) atoms. The van der Waals surface area contributed by atoms with E-state index in [9.17, 15) is 13.6 Å². The van der Waals surface area contributed by atoms with Gasteiger partial charge >= 0.3 is 0 Å². The van der Waals surface area contributed by atoms with E-state index in [1.807, 2.05) is 6.92 Å². The predicted octanol–water partition coefficient (Wildman–Crippen LogP) is 2.49. The van der Waals surface area contributed by atoms with Crippen LogP contribution in [0.2, 0.25) is 0 Å². The molecular weight excluding hydrogens is 212 g/mol. The van der Waals surface area contributed by atoms with Crippen LogP contribution in [0, 0.1) is 17.6 Å². The minimum Gasteiger partial charge on any atom is -0.349 e. The Morgan fingerprint density at radius 3 is 2.44 bits per heavy atom. The summed E-state index contributed by atoms with van der Waals surface area (Å²) in [6, 6.07) is 3.39. The maximum atomic E-state index is 13.3. The molecule has 1 atom stereocenters. The molecule has 1 fully saturated rings. The molecule has 0 spiro atoms. The molecule has 0 bridgehead atoms. The second kappa shape index (κ2) is 4.20. The van der Waals surface area contributed by atoms with Crippen LogP contribution in [0.3, 0.4) is 0 Å². The van der Waals surface area contributed by atoms with Gasteiger partial charge in [0.1, 0.15) is 17.2 Å². The van der Waals surface area contributed by atoms with Crippen LogP contribution in [0.1, 0.15) is 30.1 Å². The molecule has 2 nitrogen and oxygen atoms in total. The van der Waals surface area contributed by atoms with Gasteiger partial charge in [-0.15, -0.1) is 0 Å². The Kier molecular flexibility index (Phi) is 2.90. The van der Waals surface area contributed by atoms with Crippen molar-refractivity contribution < 1.29 is 13.6 Å². The first-order chi connectivity index (χ1) is 7.59. The fourth-order valence-corrected chi connectivity index (χ4v) is 1.71. The summed E-state index contributed by atoms with van der Waals surface area (Å²) in [5.41, 5.74) is -0.491. The molecule has 0 heterocycles. The first kappa shape index (κ1) is 11.0. The SMILES string of the molecule is CC(NC(=O)c1c(F)cccc1F)C1CC1. The third-order valence-corrected chi connectivity index (χ3v) is 2.88. The topological polar surface area (TPSA) is 29.1 Å². The van der Waals surface area contributed by atoms with Gasteiger partial charge in [0.05, 0.1) is 0 Å². The second-order valence-corrected chi connectivity index (χ2v) is 4.20. The van der Waals surface area contributed by atoms with Gasteiger partial charge in [0.25, 0.3) is 5.91 Å². The number of rotatable bonds is 3. The summed E-state index contributed by atoms with van der Waals surface area (Å²) in [6.45, 7) is 1.86. The molecule has 1 aliphatic rings. The molecule has 4 heteroatoms. The van der Waals surface area contributed by atoms with Crippen LogP contribution in [0.15, 0.2) is 18.2 Å². The van der Waals surface area contributed by atoms with Crippen molar-refractivity contribution in [3.8, 4) is 0 Å². The van der Waals surface area contributed by atoms with Crippen molar-refractivity contribution in [1.29, 1.82) is 0 Å². The van der Waals surface area contributed by atoms with Gasteiger partial charge in [-0.05, 0) is 37.8 Å². The largest absolute Gasteiger partial charge is 0.349 e. The zero-order valence-electron chi connectivity index (χ0n) is 8.97. The van der Waals surface area contributed by atoms with Gasteiger partial charge in [-0.3, -0.25) is 4.79 Å². The summed E-state index contributed by atoms with van der Waals surface area (Å²) in [7, 11) is 0. The molecule has 86 valence electrons. The van der Waals surface area contributed by atoms with Crippen molar-refractivity contribution in [1.82, 2.24) is 5.32 Å². The van der Waals surface area contributed by atoms with Crippen molar-refractivity contribution in [2.45, 2.75) is 25.8 Å².